The standard InChI is InChI=1S/C17H22F2N4O/c1-11(15-8-13(18)5-6-16(15)19)20-14-4-3-7-23(9-14)10-17-21-12(2)24-22-17/h5-6,8,11,14,20H,3-4,7,9-10H2,1-2H3/t11-,14-/m0/s1. The molecule has 2 heterocycles. The van der Waals surface area contributed by atoms with E-state index in [-0.39, 0.29) is 17.9 Å². The molecule has 0 aliphatic carbocycles. The van der Waals surface area contributed by atoms with E-state index in [2.05, 4.69) is 20.4 Å². The zero-order chi connectivity index (χ0) is 17.1. The number of aromatic nitrogens is 2. The van der Waals surface area contributed by atoms with Crippen LogP contribution in [0.4, 0.5) is 8.78 Å². The van der Waals surface area contributed by atoms with E-state index in [1.54, 1.807) is 6.92 Å². The van der Waals surface area contributed by atoms with E-state index in [1.165, 1.54) is 12.1 Å². The molecule has 1 fully saturated rings. The highest BCUT2D eigenvalue weighted by Gasteiger charge is 2.23. The fraction of sp³-hybridized carbons (Fsp3) is 0.529. The zero-order valence-electron chi connectivity index (χ0n) is 13.9. The molecule has 24 heavy (non-hydrogen) atoms. The number of hydrogen-bond acceptors (Lipinski definition) is 5. The summed E-state index contributed by atoms with van der Waals surface area (Å²) in [6.45, 7) is 6.05. The van der Waals surface area contributed by atoms with Crippen LogP contribution in [0.15, 0.2) is 22.7 Å². The molecule has 0 bridgehead atoms. The molecule has 1 aromatic carbocycles. The first-order valence-corrected chi connectivity index (χ1v) is 8.24. The van der Waals surface area contributed by atoms with Crippen LogP contribution in [-0.2, 0) is 6.54 Å². The summed E-state index contributed by atoms with van der Waals surface area (Å²) in [5, 5.41) is 7.34. The number of benzene rings is 1. The highest BCUT2D eigenvalue weighted by molar-refractivity contribution is 5.22. The zero-order valence-corrected chi connectivity index (χ0v) is 13.9. The minimum atomic E-state index is -0.419. The van der Waals surface area contributed by atoms with Gasteiger partial charge < -0.3 is 9.84 Å². The first kappa shape index (κ1) is 17.0. The minimum absolute atomic E-state index is 0.212. The maximum Gasteiger partial charge on any atom is 0.223 e. The van der Waals surface area contributed by atoms with Gasteiger partial charge in [-0.2, -0.15) is 4.98 Å². The summed E-state index contributed by atoms with van der Waals surface area (Å²) < 4.78 is 32.3. The van der Waals surface area contributed by atoms with Crippen molar-refractivity contribution in [2.45, 2.75) is 45.3 Å². The van der Waals surface area contributed by atoms with Crippen LogP contribution >= 0.6 is 0 Å². The molecule has 3 rings (SSSR count). The Labute approximate surface area is 140 Å². The Morgan fingerprint density at radius 2 is 2.25 bits per heavy atom. The quantitative estimate of drug-likeness (QED) is 0.910. The van der Waals surface area contributed by atoms with Crippen molar-refractivity contribution < 1.29 is 13.3 Å². The highest BCUT2D eigenvalue weighted by Crippen LogP contribution is 2.21. The van der Waals surface area contributed by atoms with Gasteiger partial charge in [-0.3, -0.25) is 4.90 Å². The number of nitrogens with zero attached hydrogens (tertiary/aromatic N) is 3. The van der Waals surface area contributed by atoms with Gasteiger partial charge in [0.25, 0.3) is 0 Å². The van der Waals surface area contributed by atoms with E-state index in [0.717, 1.165) is 32.0 Å². The molecule has 1 saturated heterocycles. The Balaban J connectivity index is 1.59. The molecule has 0 spiro atoms. The molecule has 130 valence electrons. The third-order valence-corrected chi connectivity index (χ3v) is 4.35. The van der Waals surface area contributed by atoms with Crippen molar-refractivity contribution in [2.75, 3.05) is 13.1 Å². The van der Waals surface area contributed by atoms with Gasteiger partial charge in [0.1, 0.15) is 11.6 Å². The molecule has 2 atom stereocenters. The lowest BCUT2D eigenvalue weighted by molar-refractivity contribution is 0.171. The minimum Gasteiger partial charge on any atom is -0.340 e. The van der Waals surface area contributed by atoms with Gasteiger partial charge >= 0.3 is 0 Å². The van der Waals surface area contributed by atoms with Gasteiger partial charge in [0.15, 0.2) is 5.82 Å². The lowest BCUT2D eigenvalue weighted by Gasteiger charge is -2.34. The van der Waals surface area contributed by atoms with E-state index < -0.39 is 5.82 Å². The Morgan fingerprint density at radius 1 is 1.42 bits per heavy atom. The summed E-state index contributed by atoms with van der Waals surface area (Å²) in [5.74, 6) is 0.438. The second kappa shape index (κ2) is 7.36. The fourth-order valence-corrected chi connectivity index (χ4v) is 3.23. The topological polar surface area (TPSA) is 54.2 Å². The van der Waals surface area contributed by atoms with Crippen molar-refractivity contribution in [3.05, 3.63) is 47.1 Å². The lowest BCUT2D eigenvalue weighted by Crippen LogP contribution is -2.46. The first-order chi connectivity index (χ1) is 11.5. The van der Waals surface area contributed by atoms with E-state index in [0.29, 0.717) is 23.8 Å². The lowest BCUT2D eigenvalue weighted by atomic mass is 10.0. The largest absolute Gasteiger partial charge is 0.340 e. The van der Waals surface area contributed by atoms with Gasteiger partial charge in [-0.05, 0) is 44.5 Å². The number of piperidine rings is 1. The van der Waals surface area contributed by atoms with Crippen LogP contribution < -0.4 is 5.32 Å². The number of rotatable bonds is 5. The summed E-state index contributed by atoms with van der Waals surface area (Å²) in [6.07, 6.45) is 2.04. The monoisotopic (exact) mass is 336 g/mol. The number of likely N-dealkylation sites (tertiary alicyclic amines) is 1. The van der Waals surface area contributed by atoms with Gasteiger partial charge in [-0.15, -0.1) is 0 Å². The number of nitrogens with one attached hydrogen (secondary N) is 1. The molecular weight excluding hydrogens is 314 g/mol. The van der Waals surface area contributed by atoms with E-state index in [1.807, 2.05) is 6.92 Å². The first-order valence-electron chi connectivity index (χ1n) is 8.24. The molecule has 0 unspecified atom stereocenters. The summed E-state index contributed by atoms with van der Waals surface area (Å²) >= 11 is 0. The van der Waals surface area contributed by atoms with Crippen LogP contribution in [0.3, 0.4) is 0 Å². The maximum absolute atomic E-state index is 13.9. The molecule has 7 heteroatoms. The average molecular weight is 336 g/mol. The average Bonchev–Trinajstić information content (AvgIpc) is 2.95. The van der Waals surface area contributed by atoms with Crippen LogP contribution in [0.1, 0.15) is 43.1 Å². The van der Waals surface area contributed by atoms with Crippen molar-refractivity contribution in [1.82, 2.24) is 20.4 Å². The normalized spacial score (nSPS) is 20.2. The predicted octanol–water partition coefficient (Wildman–Crippen LogP) is 2.97. The molecule has 1 aliphatic heterocycles. The predicted molar refractivity (Wildman–Crippen MR) is 85.2 cm³/mol. The van der Waals surface area contributed by atoms with Gasteiger partial charge in [0.05, 0.1) is 6.54 Å². The van der Waals surface area contributed by atoms with Gasteiger partial charge in [-0.25, -0.2) is 8.78 Å². The third-order valence-electron chi connectivity index (χ3n) is 4.35. The van der Waals surface area contributed by atoms with Crippen LogP contribution in [0.5, 0.6) is 0 Å². The van der Waals surface area contributed by atoms with Gasteiger partial charge in [0, 0.05) is 31.1 Å². The van der Waals surface area contributed by atoms with E-state index in [9.17, 15) is 8.78 Å². The molecule has 0 saturated carbocycles. The number of aryl methyl sites for hydroxylation is 1. The Bertz CT molecular complexity index is 691. The van der Waals surface area contributed by atoms with Crippen LogP contribution in [0.25, 0.3) is 0 Å². The van der Waals surface area contributed by atoms with Gasteiger partial charge in [0.2, 0.25) is 5.89 Å². The van der Waals surface area contributed by atoms with Crippen LogP contribution in [0, 0.1) is 18.6 Å². The molecule has 0 amide bonds. The fourth-order valence-electron chi connectivity index (χ4n) is 3.23. The highest BCUT2D eigenvalue weighted by atomic mass is 19.1. The summed E-state index contributed by atoms with van der Waals surface area (Å²) in [7, 11) is 0. The summed E-state index contributed by atoms with van der Waals surface area (Å²) in [4.78, 5) is 6.48. The third kappa shape index (κ3) is 4.15. The van der Waals surface area contributed by atoms with Crippen molar-refractivity contribution in [1.29, 1.82) is 0 Å². The Hall–Kier alpha value is -1.86. The molecule has 2 aromatic rings. The Kier molecular flexibility index (Phi) is 5.20. The summed E-state index contributed by atoms with van der Waals surface area (Å²) in [6, 6.07) is 3.54. The van der Waals surface area contributed by atoms with Gasteiger partial charge in [-0.1, -0.05) is 5.16 Å². The van der Waals surface area contributed by atoms with Crippen molar-refractivity contribution in [3.63, 3.8) is 0 Å². The number of halogens is 2. The van der Waals surface area contributed by atoms with Crippen LogP contribution in [0.2, 0.25) is 0 Å². The second-order valence-corrected chi connectivity index (χ2v) is 6.36. The number of hydrogen-bond donors (Lipinski definition) is 1. The maximum atomic E-state index is 13.9. The smallest absolute Gasteiger partial charge is 0.223 e. The molecule has 1 N–H and O–H groups in total. The Morgan fingerprint density at radius 3 is 3.00 bits per heavy atom. The molecule has 1 aromatic heterocycles. The summed E-state index contributed by atoms with van der Waals surface area (Å²) in [5.41, 5.74) is 0.362. The molecule has 0 radical (unpaired) electrons. The SMILES string of the molecule is Cc1nc(CN2CCC[C@H](N[C@@H](C)c3cc(F)ccc3F)C2)no1. The second-order valence-electron chi connectivity index (χ2n) is 6.36. The van der Waals surface area contributed by atoms with Crippen molar-refractivity contribution in [3.8, 4) is 0 Å². The van der Waals surface area contributed by atoms with Crippen molar-refractivity contribution >= 4 is 0 Å². The van der Waals surface area contributed by atoms with E-state index in [4.69, 9.17) is 4.52 Å². The van der Waals surface area contributed by atoms with Crippen LogP contribution in [-0.4, -0.2) is 34.2 Å². The molecule has 5 nitrogen and oxygen atoms in total. The van der Waals surface area contributed by atoms with E-state index >= 15 is 0 Å². The molecule has 1 aliphatic rings. The molecular formula is C17H22F2N4O. The van der Waals surface area contributed by atoms with Crippen molar-refractivity contribution in [2.24, 2.45) is 0 Å².